The number of carbonyl (C=O) groups is 2. The lowest BCUT2D eigenvalue weighted by atomic mass is 10.00. The van der Waals surface area contributed by atoms with Crippen LogP contribution in [-0.4, -0.2) is 103 Å². The second kappa shape index (κ2) is 13.6. The fraction of sp³-hybridized carbons (Fsp3) is 0.850. The molecule has 0 aliphatic rings. The van der Waals surface area contributed by atoms with Crippen molar-refractivity contribution < 1.29 is 98.1 Å². The first-order valence-corrected chi connectivity index (χ1v) is 11.5. The summed E-state index contributed by atoms with van der Waals surface area (Å²) >= 11 is 4.76. The molecule has 0 N–H and O–H groups in total. The molecule has 1 unspecified atom stereocenters. The normalized spacial score (nSPS) is 15.3. The van der Waals surface area contributed by atoms with Crippen molar-refractivity contribution in [3.8, 4) is 0 Å². The molecule has 0 aliphatic carbocycles. The standard InChI is InChI=1S/C20H19F18NO4S/c1-39(2)8-10(44)9(12(41)43-6-4-14(23,24)16(27,28)18(31,32)20(36,37)38)7-11(40)42-5-3-13(21,22)15(25,26)17(29,30)19(33,34)35/h9H,3-8H2,1-2H3. The minimum atomic E-state index is -7.25. The van der Waals surface area contributed by atoms with Crippen LogP contribution in [0.3, 0.4) is 0 Å². The van der Waals surface area contributed by atoms with Gasteiger partial charge in [-0.15, -0.1) is 0 Å². The van der Waals surface area contributed by atoms with Crippen molar-refractivity contribution >= 4 is 29.0 Å². The number of hydrogen-bond acceptors (Lipinski definition) is 6. The topological polar surface area (TPSA) is 55.8 Å². The average molecular weight is 711 g/mol. The summed E-state index contributed by atoms with van der Waals surface area (Å²) in [5.74, 6) is -46.9. The summed E-state index contributed by atoms with van der Waals surface area (Å²) in [6.07, 6.45) is -21.0. The van der Waals surface area contributed by atoms with Crippen LogP contribution in [0.25, 0.3) is 0 Å². The largest absolute Gasteiger partial charge is 0.465 e. The number of nitrogens with zero attached hydrogens (tertiary/aromatic N) is 1. The molecule has 0 fully saturated rings. The van der Waals surface area contributed by atoms with E-state index in [2.05, 4.69) is 9.47 Å². The van der Waals surface area contributed by atoms with Crippen LogP contribution in [0.15, 0.2) is 0 Å². The molecule has 0 heterocycles. The molecule has 0 saturated heterocycles. The predicted octanol–water partition coefficient (Wildman–Crippen LogP) is 6.73. The Hall–Kier alpha value is -2.27. The molecule has 0 aromatic heterocycles. The van der Waals surface area contributed by atoms with Gasteiger partial charge in [0.25, 0.3) is 0 Å². The third-order valence-electron chi connectivity index (χ3n) is 5.27. The predicted molar refractivity (Wildman–Crippen MR) is 112 cm³/mol. The van der Waals surface area contributed by atoms with Gasteiger partial charge in [0.1, 0.15) is 0 Å². The number of thiocarbonyl (C=S) groups is 1. The van der Waals surface area contributed by atoms with E-state index in [9.17, 15) is 88.6 Å². The summed E-state index contributed by atoms with van der Waals surface area (Å²) in [6.45, 7) is -4.46. The van der Waals surface area contributed by atoms with Crippen LogP contribution >= 0.6 is 12.2 Å². The molecule has 0 rings (SSSR count). The monoisotopic (exact) mass is 711 g/mol. The first-order valence-electron chi connectivity index (χ1n) is 11.1. The second-order valence-corrected chi connectivity index (χ2v) is 9.58. The number of carbonyl (C=O) groups excluding carboxylic acids is 2. The van der Waals surface area contributed by atoms with Crippen LogP contribution in [-0.2, 0) is 19.1 Å². The molecule has 0 aliphatic heterocycles. The Morgan fingerprint density at radius 3 is 1.27 bits per heavy atom. The molecule has 24 heteroatoms. The van der Waals surface area contributed by atoms with Gasteiger partial charge in [0.2, 0.25) is 0 Å². The molecule has 0 saturated carbocycles. The SMILES string of the molecule is CN(C)CC(=S)C(CC(=O)OCCC(F)(F)C(F)(F)C(F)(F)C(F)(F)F)C(=O)OCCC(F)(F)C(F)(F)C(F)(F)C(F)(F)F. The molecule has 0 amide bonds. The Kier molecular flexibility index (Phi) is 12.9. The molecule has 44 heavy (non-hydrogen) atoms. The maximum absolute atomic E-state index is 13.6. The lowest BCUT2D eigenvalue weighted by molar-refractivity contribution is -0.397. The Morgan fingerprint density at radius 2 is 0.955 bits per heavy atom. The minimum absolute atomic E-state index is 0.481. The maximum Gasteiger partial charge on any atom is 0.460 e. The minimum Gasteiger partial charge on any atom is -0.465 e. The summed E-state index contributed by atoms with van der Waals surface area (Å²) in [5.41, 5.74) is 0. The molecular weight excluding hydrogens is 692 g/mol. The van der Waals surface area contributed by atoms with E-state index in [-0.39, 0.29) is 0 Å². The first kappa shape index (κ1) is 41.7. The summed E-state index contributed by atoms with van der Waals surface area (Å²) in [4.78, 5) is 24.8. The van der Waals surface area contributed by atoms with Crippen LogP contribution in [0.1, 0.15) is 19.3 Å². The van der Waals surface area contributed by atoms with Gasteiger partial charge in [-0.25, -0.2) is 0 Å². The van der Waals surface area contributed by atoms with Gasteiger partial charge in [-0.1, -0.05) is 12.2 Å². The Labute approximate surface area is 239 Å². The zero-order chi connectivity index (χ0) is 35.5. The van der Waals surface area contributed by atoms with Crippen molar-refractivity contribution in [1.29, 1.82) is 0 Å². The first-order chi connectivity index (χ1) is 19.2. The Bertz CT molecular complexity index is 1030. The van der Waals surface area contributed by atoms with Crippen LogP contribution in [0.2, 0.25) is 0 Å². The zero-order valence-corrected chi connectivity index (χ0v) is 22.4. The van der Waals surface area contributed by atoms with Crippen molar-refractivity contribution in [3.05, 3.63) is 0 Å². The van der Waals surface area contributed by atoms with E-state index in [1.54, 1.807) is 0 Å². The maximum atomic E-state index is 13.6. The highest BCUT2D eigenvalue weighted by atomic mass is 32.1. The Morgan fingerprint density at radius 1 is 0.614 bits per heavy atom. The molecular formula is C20H19F18NO4S. The van der Waals surface area contributed by atoms with Gasteiger partial charge in [0.05, 0.1) is 38.4 Å². The van der Waals surface area contributed by atoms with Crippen molar-refractivity contribution in [2.24, 2.45) is 5.92 Å². The fourth-order valence-electron chi connectivity index (χ4n) is 2.78. The number of halogens is 18. The van der Waals surface area contributed by atoms with E-state index >= 15 is 0 Å². The summed E-state index contributed by atoms with van der Waals surface area (Å²) in [5, 5.41) is 0. The van der Waals surface area contributed by atoms with E-state index in [0.717, 1.165) is 4.90 Å². The number of esters is 2. The van der Waals surface area contributed by atoms with Crippen molar-refractivity contribution in [2.75, 3.05) is 33.9 Å². The van der Waals surface area contributed by atoms with E-state index in [1.165, 1.54) is 14.1 Å². The number of alkyl halides is 18. The lowest BCUT2D eigenvalue weighted by Gasteiger charge is -2.33. The third-order valence-corrected chi connectivity index (χ3v) is 5.69. The average Bonchev–Trinajstić information content (AvgIpc) is 2.79. The molecule has 0 bridgehead atoms. The van der Waals surface area contributed by atoms with Crippen LogP contribution in [0.5, 0.6) is 0 Å². The molecule has 0 spiro atoms. The van der Waals surface area contributed by atoms with Gasteiger partial charge in [-0.05, 0) is 14.1 Å². The van der Waals surface area contributed by atoms with Gasteiger partial charge in [0.15, 0.2) is 0 Å². The highest BCUT2D eigenvalue weighted by Crippen LogP contribution is 2.55. The van der Waals surface area contributed by atoms with Crippen molar-refractivity contribution in [3.63, 3.8) is 0 Å². The van der Waals surface area contributed by atoms with Gasteiger partial charge >= 0.3 is 59.8 Å². The summed E-state index contributed by atoms with van der Waals surface area (Å²) in [6, 6.07) is 0. The van der Waals surface area contributed by atoms with Crippen molar-refractivity contribution in [1.82, 2.24) is 4.90 Å². The van der Waals surface area contributed by atoms with Gasteiger partial charge in [-0.2, -0.15) is 79.0 Å². The highest BCUT2D eigenvalue weighted by Gasteiger charge is 2.82. The van der Waals surface area contributed by atoms with Crippen molar-refractivity contribution in [2.45, 2.75) is 67.2 Å². The van der Waals surface area contributed by atoms with Crippen LogP contribution in [0.4, 0.5) is 79.0 Å². The molecule has 5 nitrogen and oxygen atoms in total. The molecule has 0 aromatic carbocycles. The lowest BCUT2D eigenvalue weighted by Crippen LogP contribution is -2.61. The molecule has 260 valence electrons. The number of hydrogen-bond donors (Lipinski definition) is 0. The van der Waals surface area contributed by atoms with E-state index in [0.29, 0.717) is 0 Å². The van der Waals surface area contributed by atoms with Crippen LogP contribution in [0, 0.1) is 5.92 Å². The number of rotatable bonds is 16. The van der Waals surface area contributed by atoms with Gasteiger partial charge in [-0.3, -0.25) is 9.59 Å². The van der Waals surface area contributed by atoms with Crippen LogP contribution < -0.4 is 0 Å². The Balaban J connectivity index is 5.60. The molecule has 1 atom stereocenters. The van der Waals surface area contributed by atoms with E-state index < -0.39 is 110 Å². The highest BCUT2D eigenvalue weighted by molar-refractivity contribution is 7.80. The quantitative estimate of drug-likeness (QED) is 0.101. The molecule has 0 radical (unpaired) electrons. The summed E-state index contributed by atoms with van der Waals surface area (Å²) in [7, 11) is 2.52. The van der Waals surface area contributed by atoms with Gasteiger partial charge in [0, 0.05) is 11.4 Å². The fourth-order valence-corrected chi connectivity index (χ4v) is 3.22. The van der Waals surface area contributed by atoms with E-state index in [4.69, 9.17) is 12.2 Å². The second-order valence-electron chi connectivity index (χ2n) is 9.05. The molecule has 0 aromatic rings. The smallest absolute Gasteiger partial charge is 0.460 e. The number of ether oxygens (including phenoxy) is 2. The summed E-state index contributed by atoms with van der Waals surface area (Å²) < 4.78 is 240. The van der Waals surface area contributed by atoms with Gasteiger partial charge < -0.3 is 14.4 Å². The zero-order valence-electron chi connectivity index (χ0n) is 21.6. The third kappa shape index (κ3) is 8.92. The van der Waals surface area contributed by atoms with E-state index in [1.807, 2.05) is 0 Å².